The lowest BCUT2D eigenvalue weighted by atomic mass is 9.75. The Balaban J connectivity index is 1.27. The molecule has 21 heavy (non-hydrogen) atoms. The van der Waals surface area contributed by atoms with Gasteiger partial charge in [-0.3, -0.25) is 0 Å². The minimum atomic E-state index is 0.772. The van der Waals surface area contributed by atoms with Crippen LogP contribution in [-0.2, 0) is 0 Å². The zero-order valence-corrected chi connectivity index (χ0v) is 13.2. The molecule has 114 valence electrons. The number of fused-ring (bicyclic) bond motifs is 1. The lowest BCUT2D eigenvalue weighted by Crippen LogP contribution is -2.51. The average Bonchev–Trinajstić information content (AvgIpc) is 2.89. The van der Waals surface area contributed by atoms with Crippen LogP contribution < -0.4 is 5.32 Å². The molecule has 2 atom stereocenters. The molecule has 0 aromatic heterocycles. The third-order valence-electron chi connectivity index (χ3n) is 5.94. The monoisotopic (exact) mass is 284 g/mol. The molecular weight excluding hydrogens is 256 g/mol. The summed E-state index contributed by atoms with van der Waals surface area (Å²) in [6, 6.07) is 11.5. The van der Waals surface area contributed by atoms with E-state index in [1.807, 2.05) is 0 Å². The zero-order chi connectivity index (χ0) is 14.2. The smallest absolute Gasteiger partial charge is 0.0111 e. The third kappa shape index (κ3) is 2.89. The predicted octanol–water partition coefficient (Wildman–Crippen LogP) is 3.46. The fourth-order valence-corrected chi connectivity index (χ4v) is 4.66. The number of piperidine rings is 1. The number of hydrogen-bond donors (Lipinski definition) is 1. The molecule has 0 bridgehead atoms. The van der Waals surface area contributed by atoms with Crippen molar-refractivity contribution < 1.29 is 0 Å². The highest BCUT2D eigenvalue weighted by atomic mass is 15.2. The summed E-state index contributed by atoms with van der Waals surface area (Å²) in [5.41, 5.74) is 2.95. The van der Waals surface area contributed by atoms with Gasteiger partial charge >= 0.3 is 0 Å². The van der Waals surface area contributed by atoms with Crippen LogP contribution in [0.4, 0.5) is 0 Å². The van der Waals surface area contributed by atoms with Crippen molar-refractivity contribution in [3.05, 3.63) is 35.4 Å². The number of nitrogens with one attached hydrogen (secondary N) is 1. The second-order valence-corrected chi connectivity index (χ2v) is 7.50. The van der Waals surface area contributed by atoms with Crippen molar-refractivity contribution in [3.8, 4) is 0 Å². The Labute approximate surface area is 128 Å². The number of benzene rings is 1. The summed E-state index contributed by atoms with van der Waals surface area (Å²) in [5, 5.41) is 3.96. The molecule has 3 fully saturated rings. The van der Waals surface area contributed by atoms with Gasteiger partial charge in [-0.2, -0.15) is 0 Å². The van der Waals surface area contributed by atoms with E-state index in [0.29, 0.717) is 0 Å². The minimum Gasteiger partial charge on any atom is -0.311 e. The van der Waals surface area contributed by atoms with Gasteiger partial charge in [-0.1, -0.05) is 29.8 Å². The van der Waals surface area contributed by atoms with Gasteiger partial charge in [-0.25, -0.2) is 0 Å². The van der Waals surface area contributed by atoms with E-state index in [0.717, 1.165) is 24.0 Å². The summed E-state index contributed by atoms with van der Waals surface area (Å²) in [4.78, 5) is 2.72. The largest absolute Gasteiger partial charge is 0.311 e. The van der Waals surface area contributed by atoms with E-state index < -0.39 is 0 Å². The van der Waals surface area contributed by atoms with Gasteiger partial charge in [0.05, 0.1) is 0 Å². The molecular formula is C19H28N2. The van der Waals surface area contributed by atoms with Crippen LogP contribution in [0.3, 0.4) is 0 Å². The Morgan fingerprint density at radius 1 is 1.05 bits per heavy atom. The summed E-state index contributed by atoms with van der Waals surface area (Å²) in [7, 11) is 0. The number of aryl methyl sites for hydroxylation is 1. The van der Waals surface area contributed by atoms with Crippen LogP contribution in [0.1, 0.15) is 55.6 Å². The van der Waals surface area contributed by atoms with Gasteiger partial charge in [0.2, 0.25) is 0 Å². The molecule has 0 spiro atoms. The quantitative estimate of drug-likeness (QED) is 0.914. The summed E-state index contributed by atoms with van der Waals surface area (Å²) in [6.45, 7) is 4.89. The van der Waals surface area contributed by atoms with Crippen LogP contribution in [0, 0.1) is 6.92 Å². The number of nitrogens with zero attached hydrogens (tertiary/aromatic N) is 1. The first-order chi connectivity index (χ1) is 10.3. The van der Waals surface area contributed by atoms with Crippen molar-refractivity contribution in [2.75, 3.05) is 13.1 Å². The molecule has 3 aliphatic rings. The van der Waals surface area contributed by atoms with Crippen LogP contribution in [0.25, 0.3) is 0 Å². The molecule has 1 aromatic rings. The first kappa shape index (κ1) is 13.8. The van der Waals surface area contributed by atoms with Crippen molar-refractivity contribution in [3.63, 3.8) is 0 Å². The Kier molecular flexibility index (Phi) is 3.76. The SMILES string of the molecule is Cc1cccc(C2CC(NC3CCN4CCCC4C3)C2)c1. The standard InChI is InChI=1S/C19H28N2/c1-14-4-2-5-15(10-14)16-11-18(12-16)20-17-7-9-21-8-3-6-19(21)13-17/h2,4-5,10,16-20H,3,6-9,11-13H2,1H3. The molecule has 2 unspecified atom stereocenters. The van der Waals surface area contributed by atoms with E-state index in [4.69, 9.17) is 0 Å². The fourth-order valence-electron chi connectivity index (χ4n) is 4.66. The fraction of sp³-hybridized carbons (Fsp3) is 0.684. The van der Waals surface area contributed by atoms with Gasteiger partial charge in [0.25, 0.3) is 0 Å². The maximum atomic E-state index is 3.96. The van der Waals surface area contributed by atoms with Gasteiger partial charge in [-0.15, -0.1) is 0 Å². The highest BCUT2D eigenvalue weighted by Crippen LogP contribution is 2.38. The van der Waals surface area contributed by atoms with Gasteiger partial charge in [0.15, 0.2) is 0 Å². The van der Waals surface area contributed by atoms with E-state index in [9.17, 15) is 0 Å². The summed E-state index contributed by atoms with van der Waals surface area (Å²) in [6.07, 6.45) is 8.31. The topological polar surface area (TPSA) is 15.3 Å². The van der Waals surface area contributed by atoms with Crippen LogP contribution >= 0.6 is 0 Å². The molecule has 1 saturated carbocycles. The highest BCUT2D eigenvalue weighted by molar-refractivity contribution is 5.27. The normalized spacial score (nSPS) is 36.2. The van der Waals surface area contributed by atoms with Gasteiger partial charge in [0, 0.05) is 18.1 Å². The maximum absolute atomic E-state index is 3.96. The zero-order valence-electron chi connectivity index (χ0n) is 13.2. The number of hydrogen-bond acceptors (Lipinski definition) is 2. The lowest BCUT2D eigenvalue weighted by molar-refractivity contribution is 0.146. The van der Waals surface area contributed by atoms with Crippen molar-refractivity contribution >= 4 is 0 Å². The molecule has 2 saturated heterocycles. The minimum absolute atomic E-state index is 0.772. The second kappa shape index (κ2) is 5.73. The molecule has 2 heteroatoms. The molecule has 1 aliphatic carbocycles. The Hall–Kier alpha value is -0.860. The molecule has 1 aromatic carbocycles. The lowest BCUT2D eigenvalue weighted by Gasteiger charge is -2.42. The third-order valence-corrected chi connectivity index (χ3v) is 5.94. The van der Waals surface area contributed by atoms with Crippen LogP contribution in [0.2, 0.25) is 0 Å². The first-order valence-corrected chi connectivity index (χ1v) is 8.84. The van der Waals surface area contributed by atoms with Crippen LogP contribution in [-0.4, -0.2) is 36.1 Å². The summed E-state index contributed by atoms with van der Waals surface area (Å²) in [5.74, 6) is 0.800. The van der Waals surface area contributed by atoms with Gasteiger partial charge in [0.1, 0.15) is 0 Å². The first-order valence-electron chi connectivity index (χ1n) is 8.84. The summed E-state index contributed by atoms with van der Waals surface area (Å²) < 4.78 is 0. The highest BCUT2D eigenvalue weighted by Gasteiger charge is 2.35. The van der Waals surface area contributed by atoms with E-state index in [1.54, 1.807) is 5.56 Å². The Bertz CT molecular complexity index is 492. The molecule has 2 heterocycles. The van der Waals surface area contributed by atoms with Crippen molar-refractivity contribution in [1.82, 2.24) is 10.2 Å². The van der Waals surface area contributed by atoms with Crippen molar-refractivity contribution in [1.29, 1.82) is 0 Å². The van der Waals surface area contributed by atoms with Crippen LogP contribution in [0.5, 0.6) is 0 Å². The van der Waals surface area contributed by atoms with E-state index in [1.165, 1.54) is 57.2 Å². The van der Waals surface area contributed by atoms with E-state index in [-0.39, 0.29) is 0 Å². The van der Waals surface area contributed by atoms with E-state index in [2.05, 4.69) is 41.4 Å². The summed E-state index contributed by atoms with van der Waals surface area (Å²) >= 11 is 0. The van der Waals surface area contributed by atoms with Crippen molar-refractivity contribution in [2.24, 2.45) is 0 Å². The van der Waals surface area contributed by atoms with E-state index >= 15 is 0 Å². The van der Waals surface area contributed by atoms with Gasteiger partial charge in [-0.05, 0) is 70.0 Å². The Morgan fingerprint density at radius 2 is 1.95 bits per heavy atom. The van der Waals surface area contributed by atoms with Crippen molar-refractivity contribution in [2.45, 2.75) is 69.5 Å². The molecule has 2 nitrogen and oxygen atoms in total. The molecule has 0 radical (unpaired) electrons. The molecule has 1 N–H and O–H groups in total. The molecule has 2 aliphatic heterocycles. The second-order valence-electron chi connectivity index (χ2n) is 7.50. The Morgan fingerprint density at radius 3 is 2.81 bits per heavy atom. The maximum Gasteiger partial charge on any atom is 0.0111 e. The average molecular weight is 284 g/mol. The molecule has 4 rings (SSSR count). The molecule has 0 amide bonds. The predicted molar refractivity (Wildman–Crippen MR) is 87.7 cm³/mol. The van der Waals surface area contributed by atoms with Crippen LogP contribution in [0.15, 0.2) is 24.3 Å². The number of rotatable bonds is 3. The van der Waals surface area contributed by atoms with Gasteiger partial charge < -0.3 is 10.2 Å².